The highest BCUT2D eigenvalue weighted by Crippen LogP contribution is 2.23. The third kappa shape index (κ3) is 3.42. The maximum atomic E-state index is 12.9. The van der Waals surface area contributed by atoms with Crippen LogP contribution < -0.4 is 15.8 Å². The fraction of sp³-hybridized carbons (Fsp3) is 0.227. The number of H-pyrrole nitrogens is 1. The molecule has 5 rings (SSSR count). The lowest BCUT2D eigenvalue weighted by atomic mass is 10.1. The van der Waals surface area contributed by atoms with Crippen LogP contribution in [0.5, 0.6) is 0 Å². The minimum absolute atomic E-state index is 0.179. The molecule has 8 nitrogen and oxygen atoms in total. The summed E-state index contributed by atoms with van der Waals surface area (Å²) in [5.74, 6) is 0.304. The molecule has 2 N–H and O–H groups in total. The van der Waals surface area contributed by atoms with E-state index in [0.717, 1.165) is 60.0 Å². The second kappa shape index (κ2) is 7.64. The zero-order chi connectivity index (χ0) is 20.5. The molecule has 3 heterocycles. The molecule has 1 aliphatic heterocycles. The Morgan fingerprint density at radius 1 is 1.10 bits per heavy atom. The normalized spacial score (nSPS) is 14.2. The predicted molar refractivity (Wildman–Crippen MR) is 117 cm³/mol. The molecule has 2 aromatic heterocycles. The summed E-state index contributed by atoms with van der Waals surface area (Å²) in [6.45, 7) is 3.28. The lowest BCUT2D eigenvalue weighted by Crippen LogP contribution is -2.36. The van der Waals surface area contributed by atoms with Crippen molar-refractivity contribution < 1.29 is 4.74 Å². The van der Waals surface area contributed by atoms with Crippen molar-refractivity contribution in [2.45, 2.75) is 0 Å². The van der Waals surface area contributed by atoms with Gasteiger partial charge in [0.25, 0.3) is 5.56 Å². The van der Waals surface area contributed by atoms with E-state index in [-0.39, 0.29) is 5.56 Å². The number of imidazole rings is 1. The summed E-state index contributed by atoms with van der Waals surface area (Å²) >= 11 is 0. The summed E-state index contributed by atoms with van der Waals surface area (Å²) in [6.07, 6.45) is 3.39. The van der Waals surface area contributed by atoms with Gasteiger partial charge in [-0.05, 0) is 36.4 Å². The number of hydrogen-bond donors (Lipinski definition) is 2. The Hall–Kier alpha value is -3.65. The van der Waals surface area contributed by atoms with Gasteiger partial charge in [-0.1, -0.05) is 6.07 Å². The van der Waals surface area contributed by atoms with Gasteiger partial charge < -0.3 is 24.5 Å². The highest BCUT2D eigenvalue weighted by Gasteiger charge is 2.13. The first-order chi connectivity index (χ1) is 14.7. The van der Waals surface area contributed by atoms with E-state index in [9.17, 15) is 4.79 Å². The van der Waals surface area contributed by atoms with Crippen LogP contribution in [-0.4, -0.2) is 45.8 Å². The number of morpholine rings is 1. The highest BCUT2D eigenvalue weighted by atomic mass is 16.5. The van der Waals surface area contributed by atoms with E-state index >= 15 is 0 Å². The number of rotatable bonds is 4. The van der Waals surface area contributed by atoms with Crippen LogP contribution in [0.4, 0.5) is 17.2 Å². The molecule has 0 atom stereocenters. The Labute approximate surface area is 173 Å². The number of aromatic nitrogens is 4. The quantitative estimate of drug-likeness (QED) is 0.546. The summed E-state index contributed by atoms with van der Waals surface area (Å²) in [7, 11) is 1.76. The van der Waals surface area contributed by atoms with Crippen LogP contribution in [0.15, 0.2) is 59.8 Å². The fourth-order valence-corrected chi connectivity index (χ4v) is 3.70. The van der Waals surface area contributed by atoms with E-state index in [1.165, 1.54) is 0 Å². The molecular weight excluding hydrogens is 380 g/mol. The molecule has 0 spiro atoms. The maximum absolute atomic E-state index is 12.9. The van der Waals surface area contributed by atoms with Gasteiger partial charge in [0.2, 0.25) is 0 Å². The monoisotopic (exact) mass is 402 g/mol. The topological polar surface area (TPSA) is 88.1 Å². The van der Waals surface area contributed by atoms with E-state index in [4.69, 9.17) is 4.74 Å². The van der Waals surface area contributed by atoms with Crippen LogP contribution in [0.3, 0.4) is 0 Å². The first-order valence-electron chi connectivity index (χ1n) is 9.88. The molecule has 0 bridgehead atoms. The van der Waals surface area contributed by atoms with E-state index in [0.29, 0.717) is 5.82 Å². The highest BCUT2D eigenvalue weighted by molar-refractivity contribution is 5.82. The number of anilines is 3. The number of benzene rings is 2. The lowest BCUT2D eigenvalue weighted by molar-refractivity contribution is 0.122. The van der Waals surface area contributed by atoms with Crippen LogP contribution in [0.1, 0.15) is 0 Å². The van der Waals surface area contributed by atoms with Gasteiger partial charge in [0.15, 0.2) is 5.82 Å². The van der Waals surface area contributed by atoms with Gasteiger partial charge in [-0.15, -0.1) is 0 Å². The van der Waals surface area contributed by atoms with Gasteiger partial charge in [-0.3, -0.25) is 4.79 Å². The predicted octanol–water partition coefficient (Wildman–Crippen LogP) is 2.90. The van der Waals surface area contributed by atoms with Gasteiger partial charge in [-0.2, -0.15) is 0 Å². The van der Waals surface area contributed by atoms with Crippen LogP contribution in [0.25, 0.3) is 22.3 Å². The smallest absolute Gasteiger partial charge is 0.293 e. The second-order valence-corrected chi connectivity index (χ2v) is 7.26. The molecule has 30 heavy (non-hydrogen) atoms. The molecule has 0 radical (unpaired) electrons. The summed E-state index contributed by atoms with van der Waals surface area (Å²) in [5, 5.41) is 3.17. The Bertz CT molecular complexity index is 1230. The van der Waals surface area contributed by atoms with Crippen molar-refractivity contribution in [3.05, 3.63) is 65.3 Å². The van der Waals surface area contributed by atoms with Crippen molar-refractivity contribution in [3.63, 3.8) is 0 Å². The molecular formula is C22H22N6O2. The third-order valence-electron chi connectivity index (χ3n) is 5.39. The molecule has 1 fully saturated rings. The van der Waals surface area contributed by atoms with Crippen molar-refractivity contribution >= 4 is 28.2 Å². The molecule has 1 aliphatic rings. The van der Waals surface area contributed by atoms with Crippen molar-refractivity contribution in [3.8, 4) is 11.3 Å². The van der Waals surface area contributed by atoms with E-state index < -0.39 is 0 Å². The first-order valence-corrected chi connectivity index (χ1v) is 9.88. The number of ether oxygens (including phenoxy) is 1. The summed E-state index contributed by atoms with van der Waals surface area (Å²) < 4.78 is 7.03. The lowest BCUT2D eigenvalue weighted by Gasteiger charge is -2.28. The maximum Gasteiger partial charge on any atom is 0.293 e. The van der Waals surface area contributed by atoms with E-state index in [2.05, 4.69) is 37.3 Å². The fourth-order valence-electron chi connectivity index (χ4n) is 3.70. The third-order valence-corrected chi connectivity index (χ3v) is 5.39. The van der Waals surface area contributed by atoms with Gasteiger partial charge in [-0.25, -0.2) is 9.97 Å². The molecule has 0 unspecified atom stereocenters. The van der Waals surface area contributed by atoms with Gasteiger partial charge >= 0.3 is 0 Å². The minimum Gasteiger partial charge on any atom is -0.378 e. The molecule has 2 aromatic carbocycles. The standard InChI is InChI=1S/C22H22N6O2/c1-27-20-12-15(19-13-23-14-24-19)2-7-18(20)26-21(22(27)29)25-16-3-5-17(6-4-16)28-8-10-30-11-9-28/h2-7,12-14H,8-11H2,1H3,(H,23,24)(H,25,26). The first kappa shape index (κ1) is 18.4. The Balaban J connectivity index is 1.43. The van der Waals surface area contributed by atoms with Crippen LogP contribution >= 0.6 is 0 Å². The van der Waals surface area contributed by atoms with Crippen molar-refractivity contribution in [1.82, 2.24) is 19.5 Å². The van der Waals surface area contributed by atoms with Crippen molar-refractivity contribution in [1.29, 1.82) is 0 Å². The average molecular weight is 402 g/mol. The molecule has 1 saturated heterocycles. The zero-order valence-electron chi connectivity index (χ0n) is 16.6. The largest absolute Gasteiger partial charge is 0.378 e. The zero-order valence-corrected chi connectivity index (χ0v) is 16.6. The number of nitrogens with zero attached hydrogens (tertiary/aromatic N) is 4. The Morgan fingerprint density at radius 3 is 2.63 bits per heavy atom. The second-order valence-electron chi connectivity index (χ2n) is 7.26. The van der Waals surface area contributed by atoms with Crippen molar-refractivity contribution in [2.24, 2.45) is 7.05 Å². The van der Waals surface area contributed by atoms with Gasteiger partial charge in [0.1, 0.15) is 0 Å². The Morgan fingerprint density at radius 2 is 1.90 bits per heavy atom. The van der Waals surface area contributed by atoms with E-state index in [1.54, 1.807) is 24.1 Å². The molecule has 0 amide bonds. The van der Waals surface area contributed by atoms with Crippen LogP contribution in [-0.2, 0) is 11.8 Å². The van der Waals surface area contributed by atoms with Crippen molar-refractivity contribution in [2.75, 3.05) is 36.5 Å². The number of hydrogen-bond acceptors (Lipinski definition) is 6. The Kier molecular flexibility index (Phi) is 4.68. The molecule has 4 aromatic rings. The summed E-state index contributed by atoms with van der Waals surface area (Å²) in [6, 6.07) is 13.9. The van der Waals surface area contributed by atoms with Gasteiger partial charge in [0, 0.05) is 37.1 Å². The average Bonchev–Trinajstić information content (AvgIpc) is 3.33. The van der Waals surface area contributed by atoms with Crippen LogP contribution in [0, 0.1) is 0 Å². The summed E-state index contributed by atoms with van der Waals surface area (Å²) in [4.78, 5) is 26.9. The number of aryl methyl sites for hydroxylation is 1. The number of fused-ring (bicyclic) bond motifs is 1. The molecule has 152 valence electrons. The number of nitrogens with one attached hydrogen (secondary N) is 2. The minimum atomic E-state index is -0.179. The molecule has 0 saturated carbocycles. The number of aromatic amines is 1. The SMILES string of the molecule is Cn1c(=O)c(Nc2ccc(N3CCOCC3)cc2)nc2ccc(-c3cnc[nH]3)cc21. The summed E-state index contributed by atoms with van der Waals surface area (Å²) in [5.41, 5.74) is 5.15. The molecule has 0 aliphatic carbocycles. The molecule has 8 heteroatoms. The van der Waals surface area contributed by atoms with Crippen LogP contribution in [0.2, 0.25) is 0 Å². The van der Waals surface area contributed by atoms with Gasteiger partial charge in [0.05, 0.1) is 42.5 Å². The van der Waals surface area contributed by atoms with E-state index in [1.807, 2.05) is 30.3 Å².